The Morgan fingerprint density at radius 2 is 1.96 bits per heavy atom. The summed E-state index contributed by atoms with van der Waals surface area (Å²) in [6.45, 7) is 1.64. The van der Waals surface area contributed by atoms with Gasteiger partial charge < -0.3 is 29.5 Å². The van der Waals surface area contributed by atoms with E-state index in [1.54, 1.807) is 13.0 Å². The van der Waals surface area contributed by atoms with Crippen molar-refractivity contribution in [3.63, 3.8) is 0 Å². The molecule has 3 N–H and O–H groups in total. The van der Waals surface area contributed by atoms with Crippen LogP contribution >= 0.6 is 0 Å². The highest BCUT2D eigenvalue weighted by atomic mass is 16.6. The van der Waals surface area contributed by atoms with Gasteiger partial charge in [0.1, 0.15) is 35.4 Å². The zero-order valence-electron chi connectivity index (χ0n) is 15.0. The fourth-order valence-electron chi connectivity index (χ4n) is 3.10. The van der Waals surface area contributed by atoms with E-state index >= 15 is 0 Å². The number of benzene rings is 1. The number of ether oxygens (including phenoxy) is 3. The Morgan fingerprint density at radius 1 is 1.22 bits per heavy atom. The molecule has 1 aromatic carbocycles. The third-order valence-corrected chi connectivity index (χ3v) is 4.64. The molecule has 0 bridgehead atoms. The molecule has 27 heavy (non-hydrogen) atoms. The minimum absolute atomic E-state index is 0.00568. The van der Waals surface area contributed by atoms with Crippen LogP contribution in [-0.4, -0.2) is 58.6 Å². The predicted octanol–water partition coefficient (Wildman–Crippen LogP) is 1.03. The minimum atomic E-state index is -1.56. The maximum atomic E-state index is 12.6. The molecular weight excluding hydrogens is 356 g/mol. The number of aliphatic hydroxyl groups excluding tert-OH is 2. The molecule has 3 rings (SSSR count). The first-order valence-corrected chi connectivity index (χ1v) is 8.65. The second-order valence-electron chi connectivity index (χ2n) is 6.71. The van der Waals surface area contributed by atoms with Crippen LogP contribution in [-0.2, 0) is 14.3 Å². The summed E-state index contributed by atoms with van der Waals surface area (Å²) in [4.78, 5) is 24.5. The zero-order valence-corrected chi connectivity index (χ0v) is 15.0. The molecule has 1 saturated heterocycles. The molecule has 146 valence electrons. The number of aromatic hydroxyl groups is 1. The van der Waals surface area contributed by atoms with Gasteiger partial charge in [-0.3, -0.25) is 4.79 Å². The summed E-state index contributed by atoms with van der Waals surface area (Å²) in [5.74, 6) is -1.31. The molecule has 0 saturated carbocycles. The van der Waals surface area contributed by atoms with Gasteiger partial charge in [0, 0.05) is 24.5 Å². The molecule has 1 fully saturated rings. The van der Waals surface area contributed by atoms with Gasteiger partial charge in [0.2, 0.25) is 0 Å². The summed E-state index contributed by atoms with van der Waals surface area (Å²) >= 11 is 0. The lowest BCUT2D eigenvalue weighted by molar-refractivity contribution is -0.128. The van der Waals surface area contributed by atoms with Gasteiger partial charge in [-0.15, -0.1) is 0 Å². The lowest BCUT2D eigenvalue weighted by atomic mass is 9.97. The maximum Gasteiger partial charge on any atom is 0.342 e. The fraction of sp³-hybridized carbons (Fsp3) is 0.474. The van der Waals surface area contributed by atoms with Gasteiger partial charge in [0.25, 0.3) is 0 Å². The molecule has 0 spiro atoms. The van der Waals surface area contributed by atoms with E-state index in [1.807, 2.05) is 0 Å². The Labute approximate surface area is 156 Å². The summed E-state index contributed by atoms with van der Waals surface area (Å²) in [6, 6.07) is 2.87. The summed E-state index contributed by atoms with van der Waals surface area (Å²) in [7, 11) is 1.42. The van der Waals surface area contributed by atoms with Crippen LogP contribution in [0.25, 0.3) is 0 Å². The molecule has 0 aliphatic carbocycles. The van der Waals surface area contributed by atoms with Gasteiger partial charge >= 0.3 is 5.97 Å². The number of carbonyl (C=O) groups is 2. The number of ketones is 1. The fourth-order valence-corrected chi connectivity index (χ4v) is 3.10. The lowest BCUT2D eigenvalue weighted by Crippen LogP contribution is -2.34. The molecular formula is C19H22O8. The van der Waals surface area contributed by atoms with Crippen LogP contribution in [0.2, 0.25) is 0 Å². The molecule has 0 radical (unpaired) electrons. The van der Waals surface area contributed by atoms with Crippen molar-refractivity contribution in [1.29, 1.82) is 0 Å². The number of epoxide rings is 1. The molecule has 1 aromatic rings. The Hall–Kier alpha value is -2.42. The largest absolute Gasteiger partial charge is 0.507 e. The SMILES string of the molecule is COc1cc(O)c2c(c1)[C@H]1O[C@@H]1CC(O)[C@H](O)C(=O)/C=C/C[C@H](C)OC2=O. The van der Waals surface area contributed by atoms with Crippen molar-refractivity contribution < 1.29 is 39.1 Å². The third-order valence-electron chi connectivity index (χ3n) is 4.64. The molecule has 2 heterocycles. The number of methoxy groups -OCH3 is 1. The van der Waals surface area contributed by atoms with Crippen LogP contribution in [0.1, 0.15) is 41.8 Å². The summed E-state index contributed by atoms with van der Waals surface area (Å²) in [6.07, 6.45) is -1.72. The minimum Gasteiger partial charge on any atom is -0.507 e. The van der Waals surface area contributed by atoms with Crippen molar-refractivity contribution >= 4 is 11.8 Å². The number of phenols is 1. The predicted molar refractivity (Wildman–Crippen MR) is 92.5 cm³/mol. The van der Waals surface area contributed by atoms with Crippen molar-refractivity contribution in [2.75, 3.05) is 7.11 Å². The standard InChI is InChI=1S/C19H22O8/c1-9-4-3-5-12(20)17(23)14(22)8-15-18(27-15)11-6-10(25-2)7-13(21)16(11)19(24)26-9/h3,5-7,9,14-15,17-18,21-23H,4,8H2,1-2H3/b5-3+/t9-,14?,15+,17+,18+/m0/s1. The topological polar surface area (TPSA) is 126 Å². The van der Waals surface area contributed by atoms with E-state index in [0.717, 1.165) is 6.08 Å². The number of hydrogen-bond donors (Lipinski definition) is 3. The molecule has 5 atom stereocenters. The average Bonchev–Trinajstić information content (AvgIpc) is 3.38. The Morgan fingerprint density at radius 3 is 2.67 bits per heavy atom. The smallest absolute Gasteiger partial charge is 0.342 e. The van der Waals surface area contributed by atoms with Crippen LogP contribution in [0, 0.1) is 0 Å². The highest BCUT2D eigenvalue weighted by molar-refractivity contribution is 5.95. The van der Waals surface area contributed by atoms with Gasteiger partial charge in [-0.1, -0.05) is 6.08 Å². The second kappa shape index (κ2) is 7.67. The van der Waals surface area contributed by atoms with Crippen molar-refractivity contribution in [2.24, 2.45) is 0 Å². The number of carbonyl (C=O) groups excluding carboxylic acids is 2. The number of esters is 1. The molecule has 8 nitrogen and oxygen atoms in total. The summed E-state index contributed by atoms with van der Waals surface area (Å²) in [5, 5.41) is 30.4. The maximum absolute atomic E-state index is 12.6. The van der Waals surface area contributed by atoms with Crippen molar-refractivity contribution in [1.82, 2.24) is 0 Å². The molecule has 8 heteroatoms. The van der Waals surface area contributed by atoms with Crippen LogP contribution < -0.4 is 4.74 Å². The van der Waals surface area contributed by atoms with Crippen molar-refractivity contribution in [3.05, 3.63) is 35.4 Å². The lowest BCUT2D eigenvalue weighted by Gasteiger charge is -2.17. The first-order chi connectivity index (χ1) is 12.8. The van der Waals surface area contributed by atoms with E-state index in [1.165, 1.54) is 19.3 Å². The van der Waals surface area contributed by atoms with Gasteiger partial charge in [-0.25, -0.2) is 4.79 Å². The number of phenolic OH excluding ortho intramolecular Hbond substituents is 1. The highest BCUT2D eigenvalue weighted by Crippen LogP contribution is 2.46. The third kappa shape index (κ3) is 4.13. The monoisotopic (exact) mass is 378 g/mol. The number of rotatable bonds is 1. The Kier molecular flexibility index (Phi) is 5.50. The Bertz CT molecular complexity index is 771. The quantitative estimate of drug-likeness (QED) is 0.489. The molecule has 2 aliphatic rings. The van der Waals surface area contributed by atoms with E-state index in [4.69, 9.17) is 14.2 Å². The molecule has 1 unspecified atom stereocenters. The van der Waals surface area contributed by atoms with E-state index in [2.05, 4.69) is 0 Å². The number of cyclic esters (lactones) is 1. The average molecular weight is 378 g/mol. The second-order valence-corrected chi connectivity index (χ2v) is 6.71. The van der Waals surface area contributed by atoms with E-state index < -0.39 is 42.3 Å². The molecule has 0 amide bonds. The van der Waals surface area contributed by atoms with Crippen molar-refractivity contribution in [2.45, 2.75) is 50.3 Å². The summed E-state index contributed by atoms with van der Waals surface area (Å²) in [5.41, 5.74) is 0.344. The Balaban J connectivity index is 1.98. The van der Waals surface area contributed by atoms with Gasteiger partial charge in [0.05, 0.1) is 19.3 Å². The van der Waals surface area contributed by atoms with Crippen LogP contribution in [0.3, 0.4) is 0 Å². The number of fused-ring (bicyclic) bond motifs is 3. The molecule has 0 aromatic heterocycles. The van der Waals surface area contributed by atoms with Gasteiger partial charge in [0.15, 0.2) is 5.78 Å². The van der Waals surface area contributed by atoms with E-state index in [9.17, 15) is 24.9 Å². The van der Waals surface area contributed by atoms with Gasteiger partial charge in [-0.05, 0) is 19.1 Å². The van der Waals surface area contributed by atoms with Crippen LogP contribution in [0.15, 0.2) is 24.3 Å². The number of aliphatic hydroxyl groups is 2. The first-order valence-electron chi connectivity index (χ1n) is 8.65. The van der Waals surface area contributed by atoms with Crippen molar-refractivity contribution in [3.8, 4) is 11.5 Å². The van der Waals surface area contributed by atoms with E-state index in [-0.39, 0.29) is 24.2 Å². The summed E-state index contributed by atoms with van der Waals surface area (Å²) < 4.78 is 16.0. The van der Waals surface area contributed by atoms with Crippen LogP contribution in [0.5, 0.6) is 11.5 Å². The van der Waals surface area contributed by atoms with Crippen LogP contribution in [0.4, 0.5) is 0 Å². The van der Waals surface area contributed by atoms with Gasteiger partial charge in [-0.2, -0.15) is 0 Å². The highest BCUT2D eigenvalue weighted by Gasteiger charge is 2.46. The zero-order chi connectivity index (χ0) is 19.7. The first kappa shape index (κ1) is 19.3. The van der Waals surface area contributed by atoms with E-state index in [0.29, 0.717) is 11.3 Å². The normalized spacial score (nSPS) is 32.5. The number of hydrogen-bond acceptors (Lipinski definition) is 8. The molecule has 2 aliphatic heterocycles.